The molecule has 4 nitrogen and oxygen atoms in total. The molecule has 0 amide bonds. The van der Waals surface area contributed by atoms with Gasteiger partial charge >= 0.3 is 41.9 Å². The quantitative estimate of drug-likeness (QED) is 0.528. The first kappa shape index (κ1) is 22.5. The molecule has 2 aromatic rings. The number of aliphatic imine (C=N–C) groups is 2. The molecule has 0 saturated heterocycles. The van der Waals surface area contributed by atoms with Gasteiger partial charge in [-0.05, 0) is 29.3 Å². The van der Waals surface area contributed by atoms with Crippen molar-refractivity contribution in [3.05, 3.63) is 70.7 Å². The molecule has 11 heteroatoms. The van der Waals surface area contributed by atoms with E-state index in [0.717, 1.165) is 16.8 Å². The number of allylic oxidation sites excluding steroid dienone is 4. The Balaban J connectivity index is 0.00000171. The van der Waals surface area contributed by atoms with Crippen LogP contribution in [0.1, 0.15) is 30.4 Å². The summed E-state index contributed by atoms with van der Waals surface area (Å²) in [5.74, 6) is 0.0375. The molecule has 2 heterocycles. The number of nitrogens with zero attached hydrogens (tertiary/aromatic N) is 4. The minimum absolute atomic E-state index is 0. The van der Waals surface area contributed by atoms with Crippen molar-refractivity contribution in [2.45, 2.75) is 18.8 Å². The third kappa shape index (κ3) is 4.17. The van der Waals surface area contributed by atoms with Gasteiger partial charge < -0.3 is 1.43 Å². The normalized spacial score (nSPS) is 16.2. The third-order valence-corrected chi connectivity index (χ3v) is 4.51. The zero-order chi connectivity index (χ0) is 21.0. The Morgan fingerprint density at radius 2 is 1.70 bits per heavy atom. The van der Waals surface area contributed by atoms with Crippen LogP contribution in [0.2, 0.25) is 0 Å². The number of benzene rings is 1. The summed E-state index contributed by atoms with van der Waals surface area (Å²) in [6.45, 7) is 0. The fourth-order valence-electron chi connectivity index (χ4n) is 3.17. The monoisotopic (exact) mass is 434 g/mol. The Kier molecular flexibility index (Phi) is 5.87. The van der Waals surface area contributed by atoms with E-state index in [-0.39, 0.29) is 54.5 Å². The number of fused-ring (bicyclic) bond motifs is 1. The standard InChI is InChI=1S/C19H12F6N4.Na.H/c1-29-15(9-16(28-29)19(23,24)25)17-26-13-7-6-10(8-14(13)27-17)11-4-2-3-5-12(11)18(20,21)22;;/h2-6,8-9H,7H2,1H3;;/q;+1;-1. The summed E-state index contributed by atoms with van der Waals surface area (Å²) in [6, 6.07) is 6.02. The maximum absolute atomic E-state index is 13.3. The number of aromatic nitrogens is 2. The number of alkyl halides is 6. The van der Waals surface area contributed by atoms with Crippen molar-refractivity contribution in [2.24, 2.45) is 17.0 Å². The Hall–Kier alpha value is -2.17. The van der Waals surface area contributed by atoms with Crippen molar-refractivity contribution in [2.75, 3.05) is 0 Å². The number of aryl methyl sites for hydroxylation is 1. The van der Waals surface area contributed by atoms with Crippen molar-refractivity contribution in [1.82, 2.24) is 9.78 Å². The van der Waals surface area contributed by atoms with Gasteiger partial charge in [0.15, 0.2) is 11.5 Å². The van der Waals surface area contributed by atoms with Crippen molar-refractivity contribution < 1.29 is 57.3 Å². The number of hydrogen-bond acceptors (Lipinski definition) is 3. The van der Waals surface area contributed by atoms with E-state index in [4.69, 9.17) is 0 Å². The van der Waals surface area contributed by atoms with Gasteiger partial charge in [-0.25, -0.2) is 9.98 Å². The Morgan fingerprint density at radius 3 is 2.33 bits per heavy atom. The first-order chi connectivity index (χ1) is 13.5. The van der Waals surface area contributed by atoms with Crippen molar-refractivity contribution in [1.29, 1.82) is 0 Å². The summed E-state index contributed by atoms with van der Waals surface area (Å²) >= 11 is 0. The van der Waals surface area contributed by atoms with Gasteiger partial charge in [0.05, 0.1) is 17.0 Å². The topological polar surface area (TPSA) is 42.5 Å². The molecule has 0 unspecified atom stereocenters. The van der Waals surface area contributed by atoms with E-state index in [0.29, 0.717) is 17.0 Å². The van der Waals surface area contributed by atoms with Crippen molar-refractivity contribution in [3.8, 4) is 0 Å². The summed E-state index contributed by atoms with van der Waals surface area (Å²) in [4.78, 5) is 8.47. The van der Waals surface area contributed by atoms with Crippen LogP contribution in [0.3, 0.4) is 0 Å². The first-order valence-electron chi connectivity index (χ1n) is 8.41. The van der Waals surface area contributed by atoms with E-state index >= 15 is 0 Å². The molecular weight excluding hydrogens is 421 g/mol. The van der Waals surface area contributed by atoms with Gasteiger partial charge in [0.25, 0.3) is 0 Å². The molecule has 1 aromatic heterocycles. The van der Waals surface area contributed by atoms with Crippen molar-refractivity contribution in [3.63, 3.8) is 0 Å². The molecule has 2 aliphatic rings. The molecule has 0 fully saturated rings. The van der Waals surface area contributed by atoms with E-state index < -0.39 is 23.6 Å². The number of hydrogen-bond donors (Lipinski definition) is 0. The summed E-state index contributed by atoms with van der Waals surface area (Å²) in [5, 5.41) is 3.43. The van der Waals surface area contributed by atoms with Crippen LogP contribution in [-0.4, -0.2) is 21.3 Å². The summed E-state index contributed by atoms with van der Waals surface area (Å²) in [6.07, 6.45) is -5.86. The molecule has 152 valence electrons. The minimum atomic E-state index is -4.61. The molecule has 0 bridgehead atoms. The van der Waals surface area contributed by atoms with Gasteiger partial charge in [0.1, 0.15) is 5.69 Å². The minimum Gasteiger partial charge on any atom is -1.00 e. The average Bonchev–Trinajstić information content (AvgIpc) is 3.23. The zero-order valence-electron chi connectivity index (χ0n) is 16.8. The SMILES string of the molecule is Cn1nc(C(F)(F)F)cc1C1=NC2=CC(c3ccccc3C(F)(F)F)=CCC2=N1.[H-].[Na+]. The Labute approximate surface area is 190 Å². The van der Waals surface area contributed by atoms with E-state index in [1.165, 1.54) is 31.3 Å². The smallest absolute Gasteiger partial charge is 1.00 e. The molecule has 0 atom stereocenters. The second-order valence-electron chi connectivity index (χ2n) is 6.47. The maximum Gasteiger partial charge on any atom is 1.00 e. The predicted molar refractivity (Wildman–Crippen MR) is 95.4 cm³/mol. The molecule has 30 heavy (non-hydrogen) atoms. The van der Waals surface area contributed by atoms with Gasteiger partial charge in [-0.1, -0.05) is 24.3 Å². The Morgan fingerprint density at radius 1 is 1.00 bits per heavy atom. The van der Waals surface area contributed by atoms with E-state index in [9.17, 15) is 26.3 Å². The second-order valence-corrected chi connectivity index (χ2v) is 6.47. The second kappa shape index (κ2) is 7.82. The number of rotatable bonds is 2. The fraction of sp³-hybridized carbons (Fsp3) is 0.211. The molecule has 1 aromatic carbocycles. The van der Waals surface area contributed by atoms with E-state index in [1.54, 1.807) is 6.08 Å². The van der Waals surface area contributed by atoms with Gasteiger partial charge in [-0.3, -0.25) is 4.68 Å². The third-order valence-electron chi connectivity index (χ3n) is 4.51. The summed E-state index contributed by atoms with van der Waals surface area (Å²) in [5.41, 5.74) is -0.635. The van der Waals surface area contributed by atoms with Crippen molar-refractivity contribution >= 4 is 17.1 Å². The fourth-order valence-corrected chi connectivity index (χ4v) is 3.17. The van der Waals surface area contributed by atoms with Crippen LogP contribution < -0.4 is 29.6 Å². The number of amidine groups is 1. The van der Waals surface area contributed by atoms with Crippen LogP contribution in [0.4, 0.5) is 26.3 Å². The van der Waals surface area contributed by atoms with Crippen LogP contribution >= 0.6 is 0 Å². The van der Waals surface area contributed by atoms with E-state index in [2.05, 4.69) is 15.1 Å². The van der Waals surface area contributed by atoms with Crippen LogP contribution in [0.5, 0.6) is 0 Å². The van der Waals surface area contributed by atoms with Crippen LogP contribution in [0.15, 0.2) is 58.2 Å². The molecule has 1 aliphatic carbocycles. The van der Waals surface area contributed by atoms with Gasteiger partial charge in [0.2, 0.25) is 0 Å². The Bertz CT molecular complexity index is 1130. The van der Waals surface area contributed by atoms with Gasteiger partial charge in [-0.2, -0.15) is 31.4 Å². The first-order valence-corrected chi connectivity index (χ1v) is 8.41. The van der Waals surface area contributed by atoms with Gasteiger partial charge in [0, 0.05) is 13.5 Å². The largest absolute Gasteiger partial charge is 1.00 e. The summed E-state index contributed by atoms with van der Waals surface area (Å²) in [7, 11) is 1.34. The molecule has 0 saturated carbocycles. The predicted octanol–water partition coefficient (Wildman–Crippen LogP) is 2.15. The summed E-state index contributed by atoms with van der Waals surface area (Å²) < 4.78 is 79.5. The molecule has 0 radical (unpaired) electrons. The molecular formula is C19H13F6N4Na. The van der Waals surface area contributed by atoms with E-state index in [1.807, 2.05) is 0 Å². The number of halogens is 6. The molecule has 0 N–H and O–H groups in total. The average molecular weight is 434 g/mol. The van der Waals surface area contributed by atoms with Crippen LogP contribution in [0, 0.1) is 0 Å². The molecule has 0 spiro atoms. The van der Waals surface area contributed by atoms with Crippen LogP contribution in [-0.2, 0) is 19.4 Å². The van der Waals surface area contributed by atoms with Crippen LogP contribution in [0.25, 0.3) is 5.57 Å². The molecule has 4 rings (SSSR count). The maximum atomic E-state index is 13.3. The van der Waals surface area contributed by atoms with Gasteiger partial charge in [-0.15, -0.1) is 0 Å². The zero-order valence-corrected chi connectivity index (χ0v) is 17.8. The molecule has 1 aliphatic heterocycles.